The fraction of sp³-hybridized carbons (Fsp3) is 0.529. The third-order valence-corrected chi connectivity index (χ3v) is 10.1. The highest BCUT2D eigenvalue weighted by atomic mass is 16.6. The molecule has 3 aromatic rings. The summed E-state index contributed by atoms with van der Waals surface area (Å²) in [6.45, 7) is 8.09. The van der Waals surface area contributed by atoms with E-state index in [1.54, 1.807) is 17.0 Å². The van der Waals surface area contributed by atoms with Crippen LogP contribution < -0.4 is 0 Å². The maximum atomic E-state index is 13.5. The molecule has 0 bridgehead atoms. The number of aliphatic hydroxyl groups excluding tert-OH is 1. The molecular formula is C34H43N5O5. The molecule has 1 N–H and O–H groups in total. The molecule has 6 rings (SSSR count). The molecule has 2 saturated heterocycles. The van der Waals surface area contributed by atoms with Gasteiger partial charge in [-0.15, -0.1) is 6.58 Å². The Morgan fingerprint density at radius 1 is 1.07 bits per heavy atom. The highest BCUT2D eigenvalue weighted by Crippen LogP contribution is 2.41. The van der Waals surface area contributed by atoms with Crippen molar-refractivity contribution in [3.63, 3.8) is 0 Å². The summed E-state index contributed by atoms with van der Waals surface area (Å²) in [5, 5.41) is 18.6. The van der Waals surface area contributed by atoms with Gasteiger partial charge in [-0.1, -0.05) is 55.3 Å². The van der Waals surface area contributed by atoms with Gasteiger partial charge in [0.25, 0.3) is 0 Å². The van der Waals surface area contributed by atoms with Crippen LogP contribution in [0, 0.1) is 11.8 Å². The summed E-state index contributed by atoms with van der Waals surface area (Å²) in [7, 11) is 0. The summed E-state index contributed by atoms with van der Waals surface area (Å²) in [4.78, 5) is 33.0. The molecule has 44 heavy (non-hydrogen) atoms. The van der Waals surface area contributed by atoms with Crippen molar-refractivity contribution in [1.82, 2.24) is 25.0 Å². The number of aromatic nitrogens is 2. The summed E-state index contributed by atoms with van der Waals surface area (Å²) in [5.74, 6) is 0.492. The second-order valence-corrected chi connectivity index (χ2v) is 12.7. The lowest BCUT2D eigenvalue weighted by Gasteiger charge is -2.41. The van der Waals surface area contributed by atoms with E-state index >= 15 is 0 Å². The van der Waals surface area contributed by atoms with Crippen molar-refractivity contribution >= 4 is 23.0 Å². The molecule has 1 aromatic heterocycles. The summed E-state index contributed by atoms with van der Waals surface area (Å²) < 4.78 is 10.5. The summed E-state index contributed by atoms with van der Waals surface area (Å²) in [6, 6.07) is 15.7. The minimum atomic E-state index is -0.490. The van der Waals surface area contributed by atoms with E-state index < -0.39 is 5.41 Å². The van der Waals surface area contributed by atoms with Gasteiger partial charge in [0.1, 0.15) is 17.6 Å². The normalized spacial score (nSPS) is 23.3. The van der Waals surface area contributed by atoms with Crippen molar-refractivity contribution in [3.8, 4) is 0 Å². The van der Waals surface area contributed by atoms with Gasteiger partial charge in [-0.2, -0.15) is 0 Å². The van der Waals surface area contributed by atoms with Crippen LogP contribution in [0.2, 0.25) is 0 Å². The zero-order valence-electron chi connectivity index (χ0n) is 25.4. The smallest absolute Gasteiger partial charge is 0.410 e. The van der Waals surface area contributed by atoms with Crippen LogP contribution in [0.1, 0.15) is 49.7 Å². The fourth-order valence-corrected chi connectivity index (χ4v) is 7.56. The standard InChI is InChI=1S/C34H43N5O5/c1-2-16-39(33(42)43-22-25-12-13-30-31(19-25)36-44-35-30)29-14-17-37(18-15-29)20-28-21-38(32(41)26-8-6-7-9-26)23-34(28,24-40)27-10-4-3-5-11-27/h2-5,10-13,19,26,28-29,40H,1,6-9,14-18,20-24H2/t28-,34-/m0/s1. The Bertz CT molecular complexity index is 1430. The molecule has 3 aliphatic rings. The second kappa shape index (κ2) is 13.5. The Kier molecular flexibility index (Phi) is 9.28. The molecule has 3 fully saturated rings. The van der Waals surface area contributed by atoms with Crippen LogP contribution in [0.4, 0.5) is 4.79 Å². The number of rotatable bonds is 10. The molecule has 1 aliphatic carbocycles. The van der Waals surface area contributed by atoms with Gasteiger partial charge in [0, 0.05) is 62.6 Å². The molecule has 3 heterocycles. The number of amides is 2. The average Bonchev–Trinajstić information content (AvgIpc) is 3.84. The van der Waals surface area contributed by atoms with Gasteiger partial charge in [-0.25, -0.2) is 9.42 Å². The number of likely N-dealkylation sites (tertiary alicyclic amines) is 2. The van der Waals surface area contributed by atoms with Gasteiger partial charge in [0.05, 0.1) is 6.61 Å². The highest BCUT2D eigenvalue weighted by molar-refractivity contribution is 5.80. The quantitative estimate of drug-likeness (QED) is 0.341. The third-order valence-electron chi connectivity index (χ3n) is 10.1. The van der Waals surface area contributed by atoms with Crippen molar-refractivity contribution in [3.05, 3.63) is 72.3 Å². The molecule has 0 radical (unpaired) electrons. The number of ether oxygens (including phenoxy) is 1. The Morgan fingerprint density at radius 3 is 2.55 bits per heavy atom. The largest absolute Gasteiger partial charge is 0.445 e. The second-order valence-electron chi connectivity index (χ2n) is 12.7. The van der Waals surface area contributed by atoms with E-state index in [0.29, 0.717) is 30.7 Å². The summed E-state index contributed by atoms with van der Waals surface area (Å²) >= 11 is 0. The van der Waals surface area contributed by atoms with E-state index in [1.807, 2.05) is 35.2 Å². The SMILES string of the molecule is C=CCN(C(=O)OCc1ccc2nonc2c1)C1CCN(C[C@H]2CN(C(=O)C3CCCC3)C[C@]2(CO)c2ccccc2)CC1. The van der Waals surface area contributed by atoms with E-state index in [-0.39, 0.29) is 43.1 Å². The van der Waals surface area contributed by atoms with Crippen molar-refractivity contribution in [1.29, 1.82) is 0 Å². The number of hydrogen-bond acceptors (Lipinski definition) is 8. The predicted octanol–water partition coefficient (Wildman–Crippen LogP) is 4.39. The lowest BCUT2D eigenvalue weighted by molar-refractivity contribution is -0.134. The molecule has 2 atom stereocenters. The van der Waals surface area contributed by atoms with Crippen molar-refractivity contribution in [2.45, 2.75) is 56.6 Å². The van der Waals surface area contributed by atoms with Gasteiger partial charge in [-0.3, -0.25) is 4.79 Å². The predicted molar refractivity (Wildman–Crippen MR) is 166 cm³/mol. The van der Waals surface area contributed by atoms with E-state index in [9.17, 15) is 14.7 Å². The first-order valence-electron chi connectivity index (χ1n) is 15.9. The molecule has 0 unspecified atom stereocenters. The summed E-state index contributed by atoms with van der Waals surface area (Å²) in [5.41, 5.74) is 2.71. The number of fused-ring (bicyclic) bond motifs is 1. The van der Waals surface area contributed by atoms with Crippen LogP contribution >= 0.6 is 0 Å². The van der Waals surface area contributed by atoms with Crippen LogP contribution in [-0.2, 0) is 21.6 Å². The van der Waals surface area contributed by atoms with Crippen molar-refractivity contribution in [2.24, 2.45) is 11.8 Å². The molecule has 10 heteroatoms. The van der Waals surface area contributed by atoms with Gasteiger partial charge < -0.3 is 24.5 Å². The Balaban J connectivity index is 1.09. The average molecular weight is 602 g/mol. The number of nitrogens with zero attached hydrogens (tertiary/aromatic N) is 5. The minimum Gasteiger partial charge on any atom is -0.445 e. The number of hydrogen-bond donors (Lipinski definition) is 1. The molecule has 234 valence electrons. The first-order chi connectivity index (χ1) is 21.5. The first-order valence-corrected chi connectivity index (χ1v) is 15.9. The lowest BCUT2D eigenvalue weighted by atomic mass is 9.72. The number of piperidine rings is 1. The van der Waals surface area contributed by atoms with Gasteiger partial charge in [-0.05, 0) is 59.3 Å². The number of aliphatic hydroxyl groups is 1. The number of carbonyl (C=O) groups excluding carboxylic acids is 2. The molecule has 0 spiro atoms. The van der Waals surface area contributed by atoms with Crippen LogP contribution in [-0.4, -0.2) is 94.0 Å². The fourth-order valence-electron chi connectivity index (χ4n) is 7.56. The number of benzene rings is 2. The zero-order chi connectivity index (χ0) is 30.5. The van der Waals surface area contributed by atoms with E-state index in [4.69, 9.17) is 9.37 Å². The number of carbonyl (C=O) groups is 2. The van der Waals surface area contributed by atoms with Gasteiger partial charge in [0.15, 0.2) is 0 Å². The van der Waals surface area contributed by atoms with E-state index in [0.717, 1.165) is 69.3 Å². The van der Waals surface area contributed by atoms with Crippen LogP contribution in [0.3, 0.4) is 0 Å². The first kappa shape index (κ1) is 30.3. The van der Waals surface area contributed by atoms with Crippen LogP contribution in [0.15, 0.2) is 65.8 Å². The Labute approximate surface area is 258 Å². The highest BCUT2D eigenvalue weighted by Gasteiger charge is 2.50. The summed E-state index contributed by atoms with van der Waals surface area (Å²) in [6.07, 6.45) is 7.21. The topological polar surface area (TPSA) is 112 Å². The van der Waals surface area contributed by atoms with Gasteiger partial charge >= 0.3 is 6.09 Å². The minimum absolute atomic E-state index is 0.00561. The zero-order valence-corrected chi connectivity index (χ0v) is 25.4. The van der Waals surface area contributed by atoms with Gasteiger partial charge in [0.2, 0.25) is 5.91 Å². The van der Waals surface area contributed by atoms with Crippen LogP contribution in [0.5, 0.6) is 0 Å². The monoisotopic (exact) mass is 601 g/mol. The lowest BCUT2D eigenvalue weighted by Crippen LogP contribution is -2.50. The van der Waals surface area contributed by atoms with E-state index in [1.165, 1.54) is 0 Å². The Morgan fingerprint density at radius 2 is 1.82 bits per heavy atom. The molecule has 2 aliphatic heterocycles. The third kappa shape index (κ3) is 6.23. The van der Waals surface area contributed by atoms with Crippen LogP contribution in [0.25, 0.3) is 11.0 Å². The molecule has 1 saturated carbocycles. The molecular weight excluding hydrogens is 558 g/mol. The van der Waals surface area contributed by atoms with E-state index in [2.05, 4.69) is 33.9 Å². The van der Waals surface area contributed by atoms with Crippen molar-refractivity contribution in [2.75, 3.05) is 45.9 Å². The molecule has 2 aromatic carbocycles. The van der Waals surface area contributed by atoms with Crippen molar-refractivity contribution < 1.29 is 24.1 Å². The maximum Gasteiger partial charge on any atom is 0.410 e. The molecule has 10 nitrogen and oxygen atoms in total. The molecule has 2 amide bonds. The Hall–Kier alpha value is -3.76. The maximum absolute atomic E-state index is 13.5.